The summed E-state index contributed by atoms with van der Waals surface area (Å²) in [5.41, 5.74) is 1.01. The van der Waals surface area contributed by atoms with Gasteiger partial charge in [-0.3, -0.25) is 14.3 Å². The maximum Gasteiger partial charge on any atom is 0.230 e. The average molecular weight is 374 g/mol. The molecule has 2 heterocycles. The third kappa shape index (κ3) is 5.06. The Morgan fingerprint density at radius 2 is 2.08 bits per heavy atom. The lowest BCUT2D eigenvalue weighted by atomic mass is 10.1. The molecule has 2 aromatic heterocycles. The molecule has 1 fully saturated rings. The molecule has 26 heavy (non-hydrogen) atoms. The molecule has 3 rings (SSSR count). The van der Waals surface area contributed by atoms with E-state index in [1.807, 2.05) is 12.1 Å². The Kier molecular flexibility index (Phi) is 6.66. The Bertz CT molecular complexity index is 714. The number of amides is 1. The highest BCUT2D eigenvalue weighted by molar-refractivity contribution is 7.99. The maximum absolute atomic E-state index is 12.2. The van der Waals surface area contributed by atoms with Crippen LogP contribution in [0.1, 0.15) is 58.4 Å². The van der Waals surface area contributed by atoms with Gasteiger partial charge in [-0.05, 0) is 38.3 Å². The van der Waals surface area contributed by atoms with Crippen LogP contribution < -0.4 is 5.32 Å². The van der Waals surface area contributed by atoms with Gasteiger partial charge in [-0.25, -0.2) is 0 Å². The molecule has 1 aliphatic carbocycles. The molecule has 1 atom stereocenters. The molecule has 6 nitrogen and oxygen atoms in total. The number of carbonyl (C=O) groups excluding carboxylic acids is 1. The van der Waals surface area contributed by atoms with Gasteiger partial charge in [0.2, 0.25) is 5.91 Å². The third-order valence-corrected chi connectivity index (χ3v) is 5.44. The zero-order valence-corrected chi connectivity index (χ0v) is 16.3. The van der Waals surface area contributed by atoms with Gasteiger partial charge in [0, 0.05) is 30.0 Å². The monoisotopic (exact) mass is 373 g/mol. The summed E-state index contributed by atoms with van der Waals surface area (Å²) in [5, 5.41) is 12.6. The van der Waals surface area contributed by atoms with E-state index in [1.165, 1.54) is 24.6 Å². The molecular formula is C19H27N5OS. The Balaban J connectivity index is 1.58. The number of aromatic nitrogens is 4. The van der Waals surface area contributed by atoms with Crippen molar-refractivity contribution in [1.82, 2.24) is 25.1 Å². The second-order valence-corrected chi connectivity index (χ2v) is 7.84. The van der Waals surface area contributed by atoms with Crippen molar-refractivity contribution >= 4 is 17.7 Å². The molecular weight excluding hydrogens is 346 g/mol. The normalized spacial score (nSPS) is 15.0. The van der Waals surface area contributed by atoms with Gasteiger partial charge in [-0.2, -0.15) is 0 Å². The summed E-state index contributed by atoms with van der Waals surface area (Å²) in [7, 11) is 0. The van der Waals surface area contributed by atoms with Crippen molar-refractivity contribution in [2.75, 3.05) is 5.75 Å². The van der Waals surface area contributed by atoms with Crippen LogP contribution in [-0.4, -0.2) is 37.5 Å². The van der Waals surface area contributed by atoms with Crippen LogP contribution in [-0.2, 0) is 4.79 Å². The minimum atomic E-state index is 0.0646. The molecule has 1 N–H and O–H groups in total. The molecule has 0 spiro atoms. The first kappa shape index (κ1) is 18.9. The largest absolute Gasteiger partial charge is 0.353 e. The molecule has 0 bridgehead atoms. The van der Waals surface area contributed by atoms with E-state index >= 15 is 0 Å². The average Bonchev–Trinajstić information content (AvgIpc) is 3.40. The van der Waals surface area contributed by atoms with Gasteiger partial charge in [0.05, 0.1) is 5.75 Å². The van der Waals surface area contributed by atoms with E-state index in [2.05, 4.69) is 38.9 Å². The third-order valence-electron chi connectivity index (χ3n) is 4.50. The summed E-state index contributed by atoms with van der Waals surface area (Å²) >= 11 is 1.47. The van der Waals surface area contributed by atoms with Crippen molar-refractivity contribution < 1.29 is 4.79 Å². The maximum atomic E-state index is 12.2. The molecule has 140 valence electrons. The highest BCUT2D eigenvalue weighted by Gasteiger charge is 2.30. The van der Waals surface area contributed by atoms with E-state index in [0.717, 1.165) is 42.2 Å². The number of hydrogen-bond acceptors (Lipinski definition) is 5. The van der Waals surface area contributed by atoms with E-state index in [1.54, 1.807) is 12.4 Å². The van der Waals surface area contributed by atoms with Crippen molar-refractivity contribution in [2.45, 2.75) is 69.6 Å². The summed E-state index contributed by atoms with van der Waals surface area (Å²) in [6.45, 7) is 4.27. The first-order valence-electron chi connectivity index (χ1n) is 9.46. The van der Waals surface area contributed by atoms with Crippen LogP contribution in [0.5, 0.6) is 0 Å². The first-order chi connectivity index (χ1) is 12.7. The smallest absolute Gasteiger partial charge is 0.230 e. The van der Waals surface area contributed by atoms with Crippen LogP contribution >= 0.6 is 11.8 Å². The van der Waals surface area contributed by atoms with Crippen LogP contribution in [0.15, 0.2) is 29.7 Å². The predicted molar refractivity (Wildman–Crippen MR) is 104 cm³/mol. The SMILES string of the molecule is CCCCC[C@@H](C)NC(=O)CSc1nnc(-c2ccncc2)n1C1CC1. The molecule has 7 heteroatoms. The fourth-order valence-electron chi connectivity index (χ4n) is 2.95. The number of thioether (sulfide) groups is 1. The Morgan fingerprint density at radius 1 is 1.31 bits per heavy atom. The molecule has 1 saturated carbocycles. The van der Waals surface area contributed by atoms with Crippen LogP contribution in [0.3, 0.4) is 0 Å². The van der Waals surface area contributed by atoms with Crippen molar-refractivity contribution in [3.63, 3.8) is 0 Å². The second-order valence-electron chi connectivity index (χ2n) is 6.90. The lowest BCUT2D eigenvalue weighted by Gasteiger charge is -2.13. The minimum absolute atomic E-state index is 0.0646. The van der Waals surface area contributed by atoms with Crippen molar-refractivity contribution in [3.8, 4) is 11.4 Å². The van der Waals surface area contributed by atoms with Gasteiger partial charge < -0.3 is 5.32 Å². The van der Waals surface area contributed by atoms with E-state index in [9.17, 15) is 4.79 Å². The number of hydrogen-bond donors (Lipinski definition) is 1. The highest BCUT2D eigenvalue weighted by Crippen LogP contribution is 2.40. The number of rotatable bonds is 10. The van der Waals surface area contributed by atoms with Crippen LogP contribution in [0.2, 0.25) is 0 Å². The van der Waals surface area contributed by atoms with Crippen molar-refractivity contribution in [1.29, 1.82) is 0 Å². The van der Waals surface area contributed by atoms with Crippen molar-refractivity contribution in [3.05, 3.63) is 24.5 Å². The van der Waals surface area contributed by atoms with Gasteiger partial charge in [0.25, 0.3) is 0 Å². The molecule has 1 amide bonds. The number of pyridine rings is 1. The molecule has 0 radical (unpaired) electrons. The standard InChI is InChI=1S/C19H27N5OS/c1-3-4-5-6-14(2)21-17(25)13-26-19-23-22-18(24(19)16-7-8-16)15-9-11-20-12-10-15/h9-12,14,16H,3-8,13H2,1-2H3,(H,21,25)/t14-/m1/s1. The summed E-state index contributed by atoms with van der Waals surface area (Å²) in [6, 6.07) is 4.57. The van der Waals surface area contributed by atoms with Crippen LogP contribution in [0.4, 0.5) is 0 Å². The number of nitrogens with zero attached hydrogens (tertiary/aromatic N) is 4. The molecule has 0 aliphatic heterocycles. The fraction of sp³-hybridized carbons (Fsp3) is 0.579. The summed E-state index contributed by atoms with van der Waals surface area (Å²) in [4.78, 5) is 16.3. The van der Waals surface area contributed by atoms with E-state index in [-0.39, 0.29) is 11.9 Å². The van der Waals surface area contributed by atoms with E-state index in [0.29, 0.717) is 11.8 Å². The first-order valence-corrected chi connectivity index (χ1v) is 10.4. The predicted octanol–water partition coefficient (Wildman–Crippen LogP) is 3.85. The summed E-state index contributed by atoms with van der Waals surface area (Å²) in [6.07, 6.45) is 10.4. The Morgan fingerprint density at radius 3 is 2.77 bits per heavy atom. The van der Waals surface area contributed by atoms with Gasteiger partial charge in [-0.15, -0.1) is 10.2 Å². The van der Waals surface area contributed by atoms with Crippen LogP contribution in [0.25, 0.3) is 11.4 Å². The highest BCUT2D eigenvalue weighted by atomic mass is 32.2. The second kappa shape index (κ2) is 9.16. The molecule has 2 aromatic rings. The van der Waals surface area contributed by atoms with Gasteiger partial charge >= 0.3 is 0 Å². The number of carbonyl (C=O) groups is 1. The summed E-state index contributed by atoms with van der Waals surface area (Å²) in [5.74, 6) is 1.31. The topological polar surface area (TPSA) is 72.7 Å². The fourth-order valence-corrected chi connectivity index (χ4v) is 3.77. The zero-order chi connectivity index (χ0) is 18.4. The van der Waals surface area contributed by atoms with Crippen molar-refractivity contribution in [2.24, 2.45) is 0 Å². The number of nitrogens with one attached hydrogen (secondary N) is 1. The summed E-state index contributed by atoms with van der Waals surface area (Å²) < 4.78 is 2.18. The molecule has 1 aliphatic rings. The lowest BCUT2D eigenvalue weighted by Crippen LogP contribution is -2.33. The van der Waals surface area contributed by atoms with E-state index < -0.39 is 0 Å². The van der Waals surface area contributed by atoms with Crippen LogP contribution in [0, 0.1) is 0 Å². The van der Waals surface area contributed by atoms with Gasteiger partial charge in [-0.1, -0.05) is 37.9 Å². The van der Waals surface area contributed by atoms with Gasteiger partial charge in [0.15, 0.2) is 11.0 Å². The molecule has 0 unspecified atom stereocenters. The number of unbranched alkanes of at least 4 members (excludes halogenated alkanes) is 2. The Hall–Kier alpha value is -1.89. The quantitative estimate of drug-likeness (QED) is 0.506. The molecule has 0 saturated heterocycles. The minimum Gasteiger partial charge on any atom is -0.353 e. The van der Waals surface area contributed by atoms with Gasteiger partial charge in [0.1, 0.15) is 0 Å². The van der Waals surface area contributed by atoms with E-state index in [4.69, 9.17) is 0 Å². The molecule has 0 aromatic carbocycles. The Labute approximate surface area is 159 Å². The zero-order valence-electron chi connectivity index (χ0n) is 15.5. The lowest BCUT2D eigenvalue weighted by molar-refractivity contribution is -0.119.